The highest BCUT2D eigenvalue weighted by molar-refractivity contribution is 6.31. The fraction of sp³-hybridized carbons (Fsp3) is 0.143. The van der Waals surface area contributed by atoms with Gasteiger partial charge in [0.2, 0.25) is 0 Å². The molecule has 0 bridgehead atoms. The van der Waals surface area contributed by atoms with Crippen molar-refractivity contribution in [1.29, 1.82) is 0 Å². The van der Waals surface area contributed by atoms with E-state index in [9.17, 15) is 4.39 Å². The molecule has 0 aliphatic carbocycles. The second-order valence-corrected chi connectivity index (χ2v) is 6.11. The third-order valence-corrected chi connectivity index (χ3v) is 4.34. The Morgan fingerprint density at radius 3 is 2.76 bits per heavy atom. The van der Waals surface area contributed by atoms with E-state index < -0.39 is 0 Å². The Morgan fingerprint density at radius 2 is 1.96 bits per heavy atom. The minimum absolute atomic E-state index is 0.284. The minimum atomic E-state index is -0.353. The van der Waals surface area contributed by atoms with Gasteiger partial charge in [-0.1, -0.05) is 54.1 Å². The van der Waals surface area contributed by atoms with Crippen molar-refractivity contribution in [2.75, 3.05) is 6.54 Å². The van der Waals surface area contributed by atoms with Crippen molar-refractivity contribution in [3.8, 4) is 5.75 Å². The molecule has 0 saturated carbocycles. The summed E-state index contributed by atoms with van der Waals surface area (Å²) in [6, 6.07) is 16.5. The molecule has 0 fully saturated rings. The highest BCUT2D eigenvalue weighted by atomic mass is 35.5. The zero-order valence-corrected chi connectivity index (χ0v) is 14.5. The average molecular weight is 356 g/mol. The van der Waals surface area contributed by atoms with Crippen molar-refractivity contribution in [2.24, 2.45) is 0 Å². The summed E-state index contributed by atoms with van der Waals surface area (Å²) in [6.07, 6.45) is 1.82. The number of fused-ring (bicyclic) bond motifs is 1. The standard InChI is InChI=1S/C21H19ClFNO/c1-2-11-24-13-19-18-6-4-3-5-15(18)8-10-21(19)25-14-16-7-9-17(23)12-20(16)22/h2-10,12,24H,1,11,13-14H2. The SMILES string of the molecule is C=CCNCc1c(OCc2ccc(F)cc2Cl)ccc2ccccc12. The molecule has 0 aliphatic heterocycles. The summed E-state index contributed by atoms with van der Waals surface area (Å²) < 4.78 is 19.2. The lowest BCUT2D eigenvalue weighted by Gasteiger charge is -2.15. The smallest absolute Gasteiger partial charge is 0.124 e. The predicted octanol–water partition coefficient (Wildman–Crippen LogP) is 5.49. The molecular weight excluding hydrogens is 337 g/mol. The summed E-state index contributed by atoms with van der Waals surface area (Å²) in [6.45, 7) is 5.40. The van der Waals surface area contributed by atoms with Gasteiger partial charge in [-0.2, -0.15) is 0 Å². The number of hydrogen-bond donors (Lipinski definition) is 1. The van der Waals surface area contributed by atoms with Crippen LogP contribution in [0.15, 0.2) is 67.3 Å². The highest BCUT2D eigenvalue weighted by Gasteiger charge is 2.10. The number of hydrogen-bond acceptors (Lipinski definition) is 2. The minimum Gasteiger partial charge on any atom is -0.488 e. The van der Waals surface area contributed by atoms with Crippen LogP contribution in [0, 0.1) is 5.82 Å². The molecule has 0 unspecified atom stereocenters. The molecule has 1 N–H and O–H groups in total. The Bertz CT molecular complexity index is 894. The van der Waals surface area contributed by atoms with Crippen LogP contribution < -0.4 is 10.1 Å². The maximum Gasteiger partial charge on any atom is 0.124 e. The van der Waals surface area contributed by atoms with Crippen LogP contribution in [0.25, 0.3) is 10.8 Å². The molecule has 0 saturated heterocycles. The summed E-state index contributed by atoms with van der Waals surface area (Å²) in [7, 11) is 0. The topological polar surface area (TPSA) is 21.3 Å². The van der Waals surface area contributed by atoms with E-state index >= 15 is 0 Å². The normalized spacial score (nSPS) is 10.8. The van der Waals surface area contributed by atoms with Crippen molar-refractivity contribution in [1.82, 2.24) is 5.32 Å². The molecule has 3 aromatic rings. The van der Waals surface area contributed by atoms with Crippen LogP contribution in [0.5, 0.6) is 5.75 Å². The largest absolute Gasteiger partial charge is 0.488 e. The molecule has 0 atom stereocenters. The lowest BCUT2D eigenvalue weighted by Crippen LogP contribution is -2.14. The number of nitrogens with one attached hydrogen (secondary N) is 1. The van der Waals surface area contributed by atoms with Gasteiger partial charge in [-0.05, 0) is 29.0 Å². The summed E-state index contributed by atoms with van der Waals surface area (Å²) in [4.78, 5) is 0. The van der Waals surface area contributed by atoms with Crippen LogP contribution in [-0.4, -0.2) is 6.54 Å². The van der Waals surface area contributed by atoms with E-state index in [0.717, 1.165) is 27.6 Å². The van der Waals surface area contributed by atoms with Crippen molar-refractivity contribution in [3.05, 3.63) is 89.2 Å². The first-order valence-corrected chi connectivity index (χ1v) is 8.46. The summed E-state index contributed by atoms with van der Waals surface area (Å²) >= 11 is 6.09. The van der Waals surface area contributed by atoms with E-state index in [0.29, 0.717) is 18.1 Å². The molecule has 4 heteroatoms. The molecule has 2 nitrogen and oxygen atoms in total. The maximum atomic E-state index is 13.2. The second kappa shape index (κ2) is 8.15. The van der Waals surface area contributed by atoms with Gasteiger partial charge in [0.15, 0.2) is 0 Å². The van der Waals surface area contributed by atoms with Gasteiger partial charge in [0.1, 0.15) is 18.2 Å². The third kappa shape index (κ3) is 4.19. The van der Waals surface area contributed by atoms with Crippen molar-refractivity contribution in [2.45, 2.75) is 13.2 Å². The fourth-order valence-corrected chi connectivity index (χ4v) is 2.95. The molecule has 0 radical (unpaired) electrons. The highest BCUT2D eigenvalue weighted by Crippen LogP contribution is 2.29. The Hall–Kier alpha value is -2.36. The third-order valence-electron chi connectivity index (χ3n) is 3.99. The van der Waals surface area contributed by atoms with Crippen molar-refractivity contribution in [3.63, 3.8) is 0 Å². The van der Waals surface area contributed by atoms with Gasteiger partial charge in [-0.15, -0.1) is 6.58 Å². The lowest BCUT2D eigenvalue weighted by atomic mass is 10.0. The maximum absolute atomic E-state index is 13.2. The number of halogens is 2. The first kappa shape index (κ1) is 17.5. The van der Waals surface area contributed by atoms with E-state index in [1.54, 1.807) is 6.07 Å². The second-order valence-electron chi connectivity index (χ2n) is 5.71. The van der Waals surface area contributed by atoms with E-state index in [1.807, 2.05) is 30.3 Å². The van der Waals surface area contributed by atoms with Crippen LogP contribution in [0.2, 0.25) is 5.02 Å². The van der Waals surface area contributed by atoms with Crippen LogP contribution >= 0.6 is 11.6 Å². The monoisotopic (exact) mass is 355 g/mol. The van der Waals surface area contributed by atoms with E-state index in [-0.39, 0.29) is 12.4 Å². The summed E-state index contributed by atoms with van der Waals surface area (Å²) in [5, 5.41) is 5.99. The Morgan fingerprint density at radius 1 is 1.12 bits per heavy atom. The Labute approximate surface area is 151 Å². The van der Waals surface area contributed by atoms with Gasteiger partial charge in [-0.25, -0.2) is 4.39 Å². The van der Waals surface area contributed by atoms with Gasteiger partial charge in [0, 0.05) is 24.2 Å². The van der Waals surface area contributed by atoms with Crippen molar-refractivity contribution < 1.29 is 9.13 Å². The van der Waals surface area contributed by atoms with Crippen molar-refractivity contribution >= 4 is 22.4 Å². The van der Waals surface area contributed by atoms with Crippen LogP contribution in [0.3, 0.4) is 0 Å². The molecule has 3 rings (SSSR count). The van der Waals surface area contributed by atoms with E-state index in [1.165, 1.54) is 12.1 Å². The fourth-order valence-electron chi connectivity index (χ4n) is 2.73. The zero-order valence-electron chi connectivity index (χ0n) is 13.8. The molecule has 0 spiro atoms. The first-order valence-electron chi connectivity index (χ1n) is 8.08. The van der Waals surface area contributed by atoms with Crippen LogP contribution in [-0.2, 0) is 13.2 Å². The van der Waals surface area contributed by atoms with Crippen LogP contribution in [0.1, 0.15) is 11.1 Å². The van der Waals surface area contributed by atoms with Crippen LogP contribution in [0.4, 0.5) is 4.39 Å². The number of ether oxygens (including phenoxy) is 1. The molecular formula is C21H19ClFNO. The van der Waals surface area contributed by atoms with E-state index in [2.05, 4.69) is 24.0 Å². The first-order chi connectivity index (χ1) is 12.2. The molecule has 0 aromatic heterocycles. The molecule has 0 heterocycles. The van der Waals surface area contributed by atoms with Gasteiger partial charge in [0.05, 0.1) is 5.02 Å². The average Bonchev–Trinajstić information content (AvgIpc) is 2.62. The van der Waals surface area contributed by atoms with Gasteiger partial charge in [-0.3, -0.25) is 0 Å². The van der Waals surface area contributed by atoms with Gasteiger partial charge in [0.25, 0.3) is 0 Å². The zero-order chi connectivity index (χ0) is 17.6. The predicted molar refractivity (Wildman–Crippen MR) is 102 cm³/mol. The van der Waals surface area contributed by atoms with Gasteiger partial charge < -0.3 is 10.1 Å². The molecule has 3 aromatic carbocycles. The quantitative estimate of drug-likeness (QED) is 0.447. The molecule has 0 aliphatic rings. The lowest BCUT2D eigenvalue weighted by molar-refractivity contribution is 0.303. The molecule has 128 valence electrons. The Kier molecular flexibility index (Phi) is 5.69. The van der Waals surface area contributed by atoms with E-state index in [4.69, 9.17) is 16.3 Å². The molecule has 0 amide bonds. The number of benzene rings is 3. The Balaban J connectivity index is 1.88. The summed E-state index contributed by atoms with van der Waals surface area (Å²) in [5.41, 5.74) is 1.83. The summed E-state index contributed by atoms with van der Waals surface area (Å²) in [5.74, 6) is 0.435. The number of rotatable bonds is 7. The van der Waals surface area contributed by atoms with Gasteiger partial charge >= 0.3 is 0 Å². The molecule has 25 heavy (non-hydrogen) atoms.